The first-order valence-corrected chi connectivity index (χ1v) is 12.0. The first-order chi connectivity index (χ1) is 15.5. The van der Waals surface area contributed by atoms with E-state index in [4.69, 9.17) is 9.47 Å². The molecule has 2 amide bonds. The molecule has 1 saturated heterocycles. The van der Waals surface area contributed by atoms with Gasteiger partial charge in [-0.2, -0.15) is 4.31 Å². The Bertz CT molecular complexity index is 1090. The number of sulfonamides is 1. The smallest absolute Gasteiger partial charge is 0.412 e. The average molecular weight is 476 g/mol. The number of rotatable bonds is 6. The van der Waals surface area contributed by atoms with Gasteiger partial charge in [0.05, 0.1) is 18.1 Å². The Balaban J connectivity index is 1.58. The summed E-state index contributed by atoms with van der Waals surface area (Å²) in [6.07, 6.45) is -0.604. The maximum atomic E-state index is 12.7. The third-order valence-corrected chi connectivity index (χ3v) is 6.67. The van der Waals surface area contributed by atoms with Gasteiger partial charge in [-0.15, -0.1) is 0 Å². The molecule has 0 aliphatic carbocycles. The molecule has 178 valence electrons. The van der Waals surface area contributed by atoms with Crippen LogP contribution in [-0.4, -0.2) is 56.6 Å². The number of anilines is 1. The standard InChI is InChI=1S/C23H29N3O6S/c1-23(2,3)32-22(28)25-19-6-4-5-18(15-19)21(27)24-16-17-7-9-20(10-8-17)33(29,30)26-11-13-31-14-12-26/h4-10,15H,11-14,16H2,1-3H3,(H,24,27)(H,25,28). The number of hydrogen-bond donors (Lipinski definition) is 2. The van der Waals surface area contributed by atoms with Crippen molar-refractivity contribution in [3.8, 4) is 0 Å². The number of nitrogens with one attached hydrogen (secondary N) is 2. The number of hydrogen-bond acceptors (Lipinski definition) is 6. The van der Waals surface area contributed by atoms with Crippen molar-refractivity contribution in [1.82, 2.24) is 9.62 Å². The molecule has 10 heteroatoms. The summed E-state index contributed by atoms with van der Waals surface area (Å²) in [4.78, 5) is 24.7. The van der Waals surface area contributed by atoms with E-state index in [1.54, 1.807) is 57.2 Å². The number of nitrogens with zero attached hydrogens (tertiary/aromatic N) is 1. The van der Waals surface area contributed by atoms with Crippen LogP contribution in [0.4, 0.5) is 10.5 Å². The molecule has 0 spiro atoms. The van der Waals surface area contributed by atoms with Gasteiger partial charge in [0.15, 0.2) is 0 Å². The molecule has 0 saturated carbocycles. The third kappa shape index (κ3) is 7.01. The van der Waals surface area contributed by atoms with Crippen molar-refractivity contribution in [3.63, 3.8) is 0 Å². The third-order valence-electron chi connectivity index (χ3n) is 4.75. The number of amides is 2. The minimum atomic E-state index is -3.56. The maximum Gasteiger partial charge on any atom is 0.412 e. The van der Waals surface area contributed by atoms with E-state index in [0.29, 0.717) is 37.6 Å². The zero-order chi connectivity index (χ0) is 24.1. The summed E-state index contributed by atoms with van der Waals surface area (Å²) >= 11 is 0. The molecule has 0 atom stereocenters. The van der Waals surface area contributed by atoms with Crippen LogP contribution in [0.25, 0.3) is 0 Å². The first kappa shape index (κ1) is 24.7. The van der Waals surface area contributed by atoms with Crippen LogP contribution in [-0.2, 0) is 26.0 Å². The predicted octanol–water partition coefficient (Wildman–Crippen LogP) is 2.98. The average Bonchev–Trinajstić information content (AvgIpc) is 2.77. The van der Waals surface area contributed by atoms with Crippen LogP contribution in [0.2, 0.25) is 0 Å². The molecule has 3 rings (SSSR count). The van der Waals surface area contributed by atoms with Crippen molar-refractivity contribution in [1.29, 1.82) is 0 Å². The van der Waals surface area contributed by atoms with E-state index >= 15 is 0 Å². The van der Waals surface area contributed by atoms with E-state index in [1.807, 2.05) is 0 Å². The fraction of sp³-hybridized carbons (Fsp3) is 0.391. The second-order valence-electron chi connectivity index (χ2n) is 8.55. The SMILES string of the molecule is CC(C)(C)OC(=O)Nc1cccc(C(=O)NCc2ccc(S(=O)(=O)N3CCOCC3)cc2)c1. The number of carbonyl (C=O) groups excluding carboxylic acids is 2. The summed E-state index contributed by atoms with van der Waals surface area (Å²) in [6, 6.07) is 12.9. The number of morpholine rings is 1. The summed E-state index contributed by atoms with van der Waals surface area (Å²) in [7, 11) is -3.56. The molecular formula is C23H29N3O6S. The molecule has 9 nitrogen and oxygen atoms in total. The normalized spacial score (nSPS) is 15.0. The second kappa shape index (κ2) is 10.3. The fourth-order valence-corrected chi connectivity index (χ4v) is 4.57. The van der Waals surface area contributed by atoms with Crippen LogP contribution in [0.15, 0.2) is 53.4 Å². The number of ether oxygens (including phenoxy) is 2. The quantitative estimate of drug-likeness (QED) is 0.664. The van der Waals surface area contributed by atoms with Crippen LogP contribution in [0.5, 0.6) is 0 Å². The van der Waals surface area contributed by atoms with Crippen LogP contribution in [0, 0.1) is 0 Å². The molecule has 1 fully saturated rings. The lowest BCUT2D eigenvalue weighted by Crippen LogP contribution is -2.40. The highest BCUT2D eigenvalue weighted by molar-refractivity contribution is 7.89. The summed E-state index contributed by atoms with van der Waals surface area (Å²) in [5.41, 5.74) is 0.938. The van der Waals surface area contributed by atoms with Crippen LogP contribution < -0.4 is 10.6 Å². The fourth-order valence-electron chi connectivity index (χ4n) is 3.16. The van der Waals surface area contributed by atoms with Gasteiger partial charge in [-0.25, -0.2) is 13.2 Å². The molecule has 0 bridgehead atoms. The monoisotopic (exact) mass is 475 g/mol. The van der Waals surface area contributed by atoms with Gasteiger partial charge >= 0.3 is 6.09 Å². The van der Waals surface area contributed by atoms with Crippen molar-refractivity contribution >= 4 is 27.7 Å². The zero-order valence-electron chi connectivity index (χ0n) is 19.0. The molecule has 1 aliphatic rings. The molecule has 2 aromatic carbocycles. The summed E-state index contributed by atoms with van der Waals surface area (Å²) in [5.74, 6) is -0.326. The topological polar surface area (TPSA) is 114 Å². The summed E-state index contributed by atoms with van der Waals surface area (Å²) in [5, 5.41) is 5.40. The summed E-state index contributed by atoms with van der Waals surface area (Å²) in [6.45, 7) is 6.96. The molecular weight excluding hydrogens is 446 g/mol. The Morgan fingerprint density at radius 2 is 1.73 bits per heavy atom. The van der Waals surface area contributed by atoms with Crippen molar-refractivity contribution in [2.24, 2.45) is 0 Å². The molecule has 0 unspecified atom stereocenters. The lowest BCUT2D eigenvalue weighted by molar-refractivity contribution is 0.0635. The van der Waals surface area contributed by atoms with E-state index in [-0.39, 0.29) is 17.3 Å². The molecule has 33 heavy (non-hydrogen) atoms. The molecule has 2 N–H and O–H groups in total. The molecule has 0 aromatic heterocycles. The van der Waals surface area contributed by atoms with Gasteiger partial charge < -0.3 is 14.8 Å². The van der Waals surface area contributed by atoms with Gasteiger partial charge in [0.1, 0.15) is 5.60 Å². The molecule has 0 radical (unpaired) electrons. The van der Waals surface area contributed by atoms with Crippen LogP contribution in [0.3, 0.4) is 0 Å². The second-order valence-corrected chi connectivity index (χ2v) is 10.5. The zero-order valence-corrected chi connectivity index (χ0v) is 19.8. The van der Waals surface area contributed by atoms with Gasteiger partial charge in [0.2, 0.25) is 10.0 Å². The van der Waals surface area contributed by atoms with E-state index in [9.17, 15) is 18.0 Å². The first-order valence-electron chi connectivity index (χ1n) is 10.6. The van der Waals surface area contributed by atoms with Crippen molar-refractivity contribution in [2.75, 3.05) is 31.6 Å². The lowest BCUT2D eigenvalue weighted by atomic mass is 10.1. The molecule has 2 aromatic rings. The highest BCUT2D eigenvalue weighted by atomic mass is 32.2. The molecule has 1 heterocycles. The number of carbonyl (C=O) groups is 2. The van der Waals surface area contributed by atoms with Crippen molar-refractivity contribution in [3.05, 3.63) is 59.7 Å². The van der Waals surface area contributed by atoms with Gasteiger partial charge in [0.25, 0.3) is 5.91 Å². The Labute approximate surface area is 194 Å². The molecule has 1 aliphatic heterocycles. The highest BCUT2D eigenvalue weighted by Crippen LogP contribution is 2.18. The van der Waals surface area contributed by atoms with Crippen LogP contribution in [0.1, 0.15) is 36.7 Å². The largest absolute Gasteiger partial charge is 0.444 e. The Hall–Kier alpha value is -2.95. The van der Waals surface area contributed by atoms with Crippen molar-refractivity contribution in [2.45, 2.75) is 37.8 Å². The summed E-state index contributed by atoms with van der Waals surface area (Å²) < 4.78 is 37.2. The van der Waals surface area contributed by atoms with E-state index in [1.165, 1.54) is 16.4 Å². The Morgan fingerprint density at radius 1 is 1.06 bits per heavy atom. The highest BCUT2D eigenvalue weighted by Gasteiger charge is 2.26. The lowest BCUT2D eigenvalue weighted by Gasteiger charge is -2.26. The number of benzene rings is 2. The maximum absolute atomic E-state index is 12.7. The van der Waals surface area contributed by atoms with E-state index in [2.05, 4.69) is 10.6 Å². The Kier molecular flexibility index (Phi) is 7.72. The van der Waals surface area contributed by atoms with Gasteiger partial charge in [-0.05, 0) is 56.7 Å². The Morgan fingerprint density at radius 3 is 2.36 bits per heavy atom. The van der Waals surface area contributed by atoms with Gasteiger partial charge in [-0.1, -0.05) is 18.2 Å². The van der Waals surface area contributed by atoms with Crippen molar-refractivity contribution < 1.29 is 27.5 Å². The predicted molar refractivity (Wildman–Crippen MR) is 123 cm³/mol. The van der Waals surface area contributed by atoms with Gasteiger partial charge in [-0.3, -0.25) is 10.1 Å². The van der Waals surface area contributed by atoms with Gasteiger partial charge in [0, 0.05) is 30.9 Å². The minimum Gasteiger partial charge on any atom is -0.444 e. The van der Waals surface area contributed by atoms with E-state index < -0.39 is 21.7 Å². The van der Waals surface area contributed by atoms with E-state index in [0.717, 1.165) is 5.56 Å². The minimum absolute atomic E-state index is 0.209. The van der Waals surface area contributed by atoms with Crippen LogP contribution >= 0.6 is 0 Å².